The van der Waals surface area contributed by atoms with Crippen LogP contribution in [0.3, 0.4) is 0 Å². The average Bonchev–Trinajstić information content (AvgIpc) is 2.24. The van der Waals surface area contributed by atoms with Crippen molar-refractivity contribution < 1.29 is 27.5 Å². The first-order valence-corrected chi connectivity index (χ1v) is 5.26. The predicted molar refractivity (Wildman–Crippen MR) is 60.1 cm³/mol. The number of carboxylic acid groups (broad SMARTS) is 1. The summed E-state index contributed by atoms with van der Waals surface area (Å²) in [4.78, 5) is 14.7. The fourth-order valence-electron chi connectivity index (χ4n) is 1.51. The molecule has 0 unspecified atom stereocenters. The van der Waals surface area contributed by atoms with Crippen molar-refractivity contribution in [3.05, 3.63) is 22.9 Å². The number of pyridine rings is 1. The summed E-state index contributed by atoms with van der Waals surface area (Å²) in [5.41, 5.74) is 0.392. The molecule has 0 atom stereocenters. The van der Waals surface area contributed by atoms with Crippen molar-refractivity contribution in [2.24, 2.45) is 0 Å². The average molecular weight is 280 g/mol. The minimum absolute atomic E-state index is 0.308. The molecule has 1 rings (SSSR count). The van der Waals surface area contributed by atoms with Gasteiger partial charge in [0.15, 0.2) is 0 Å². The van der Waals surface area contributed by atoms with Gasteiger partial charge in [0.25, 0.3) is 0 Å². The van der Waals surface area contributed by atoms with Crippen molar-refractivity contribution in [2.75, 3.05) is 11.9 Å². The molecule has 8 heteroatoms. The van der Waals surface area contributed by atoms with Crippen LogP contribution >= 0.6 is 0 Å². The number of carbonyl (C=O) groups is 1. The number of aryl methyl sites for hydroxylation is 2. The highest BCUT2D eigenvalue weighted by Crippen LogP contribution is 2.25. The van der Waals surface area contributed by atoms with Crippen LogP contribution in [0.15, 0.2) is 6.07 Å². The molecule has 0 aliphatic carbocycles. The Hall–Kier alpha value is -1.86. The normalized spacial score (nSPS) is 11.7. The highest BCUT2D eigenvalue weighted by Gasteiger charge is 2.40. The maximum atomic E-state index is 12.8. The van der Waals surface area contributed by atoms with Crippen molar-refractivity contribution in [2.45, 2.75) is 26.2 Å². The first-order chi connectivity index (χ1) is 8.65. The summed E-state index contributed by atoms with van der Waals surface area (Å²) in [5, 5.41) is 10.9. The number of anilines is 1. The molecule has 0 saturated heterocycles. The number of carboxylic acids is 1. The van der Waals surface area contributed by atoms with E-state index in [0.717, 1.165) is 0 Å². The Balaban J connectivity index is 3.04. The Morgan fingerprint density at radius 1 is 1.47 bits per heavy atom. The molecule has 1 aromatic heterocycles. The van der Waals surface area contributed by atoms with E-state index < -0.39 is 24.9 Å². The second-order valence-corrected chi connectivity index (χ2v) is 4.02. The molecule has 0 fully saturated rings. The lowest BCUT2D eigenvalue weighted by atomic mass is 10.1. The number of alkyl halides is 4. The van der Waals surface area contributed by atoms with Crippen molar-refractivity contribution in [1.29, 1.82) is 0 Å². The molecule has 0 aliphatic rings. The molecular weight excluding hydrogens is 268 g/mol. The zero-order chi connectivity index (χ0) is 14.8. The zero-order valence-corrected chi connectivity index (χ0v) is 10.2. The van der Waals surface area contributed by atoms with Crippen molar-refractivity contribution in [1.82, 2.24) is 4.98 Å². The number of rotatable bonds is 5. The van der Waals surface area contributed by atoms with Gasteiger partial charge in [0.05, 0.1) is 6.54 Å². The molecule has 0 bridgehead atoms. The highest BCUT2D eigenvalue weighted by atomic mass is 19.3. The molecule has 0 saturated carbocycles. The van der Waals surface area contributed by atoms with Crippen LogP contribution in [0.4, 0.5) is 23.4 Å². The second-order valence-electron chi connectivity index (χ2n) is 4.02. The Morgan fingerprint density at radius 2 is 2.05 bits per heavy atom. The van der Waals surface area contributed by atoms with Crippen LogP contribution in [0, 0.1) is 13.8 Å². The zero-order valence-electron chi connectivity index (χ0n) is 10.2. The summed E-state index contributed by atoms with van der Waals surface area (Å²) < 4.78 is 49.6. The van der Waals surface area contributed by atoms with E-state index in [1.165, 1.54) is 19.9 Å². The summed E-state index contributed by atoms with van der Waals surface area (Å²) in [6, 6.07) is 1.46. The van der Waals surface area contributed by atoms with E-state index in [9.17, 15) is 22.4 Å². The molecule has 0 radical (unpaired) electrons. The van der Waals surface area contributed by atoms with E-state index in [2.05, 4.69) is 4.98 Å². The van der Waals surface area contributed by atoms with Gasteiger partial charge in [0.2, 0.25) is 0 Å². The first kappa shape index (κ1) is 15.2. The number of nitrogens with zero attached hydrogens (tertiary/aromatic N) is 1. The lowest BCUT2D eigenvalue weighted by molar-refractivity contribution is -0.117. The minimum Gasteiger partial charge on any atom is -0.478 e. The summed E-state index contributed by atoms with van der Waals surface area (Å²) >= 11 is 0. The number of hydrogen-bond acceptors (Lipinski definition) is 3. The number of aromatic carboxylic acids is 1. The fourth-order valence-corrected chi connectivity index (χ4v) is 1.51. The van der Waals surface area contributed by atoms with Crippen molar-refractivity contribution in [3.63, 3.8) is 0 Å². The Labute approximate surface area is 106 Å². The van der Waals surface area contributed by atoms with E-state index in [4.69, 9.17) is 5.11 Å². The van der Waals surface area contributed by atoms with Gasteiger partial charge in [-0.1, -0.05) is 0 Å². The van der Waals surface area contributed by atoms with Crippen LogP contribution in [-0.2, 0) is 0 Å². The maximum absolute atomic E-state index is 12.8. The number of halogens is 4. The van der Waals surface area contributed by atoms with Gasteiger partial charge in [0.1, 0.15) is 11.4 Å². The van der Waals surface area contributed by atoms with Crippen LogP contribution in [-0.4, -0.2) is 35.0 Å². The number of hydrogen-bond donors (Lipinski definition) is 2. The molecule has 0 aromatic carbocycles. The molecule has 0 aliphatic heterocycles. The van der Waals surface area contributed by atoms with Crippen LogP contribution in [0.2, 0.25) is 0 Å². The van der Waals surface area contributed by atoms with Gasteiger partial charge in [-0.25, -0.2) is 18.6 Å². The Bertz CT molecular complexity index is 492. The molecule has 106 valence electrons. The van der Waals surface area contributed by atoms with Crippen LogP contribution < -0.4 is 5.32 Å². The standard InChI is InChI=1S/C11H12F4N2O2/c1-5-3-6(2)17-8(7(5)9(18)19)16-4-11(14,15)10(12)13/h3,10H,4H2,1-2H3,(H,16,17)(H,18,19). The monoisotopic (exact) mass is 280 g/mol. The third-order valence-corrected chi connectivity index (χ3v) is 2.37. The van der Waals surface area contributed by atoms with E-state index in [-0.39, 0.29) is 11.4 Å². The number of nitrogens with one attached hydrogen (secondary N) is 1. The van der Waals surface area contributed by atoms with E-state index in [1.807, 2.05) is 5.32 Å². The van der Waals surface area contributed by atoms with E-state index in [1.54, 1.807) is 0 Å². The quantitative estimate of drug-likeness (QED) is 0.814. The SMILES string of the molecule is Cc1cc(C)c(C(=O)O)c(NCC(F)(F)C(F)F)n1. The molecule has 1 aromatic rings. The molecule has 0 spiro atoms. The fraction of sp³-hybridized carbons (Fsp3) is 0.455. The lowest BCUT2D eigenvalue weighted by Gasteiger charge is -2.18. The lowest BCUT2D eigenvalue weighted by Crippen LogP contribution is -2.35. The van der Waals surface area contributed by atoms with Gasteiger partial charge >= 0.3 is 18.3 Å². The second kappa shape index (κ2) is 5.41. The van der Waals surface area contributed by atoms with Crippen LogP contribution in [0.25, 0.3) is 0 Å². The minimum atomic E-state index is -4.25. The summed E-state index contributed by atoms with van der Waals surface area (Å²) in [5.74, 6) is -5.96. The highest BCUT2D eigenvalue weighted by molar-refractivity contribution is 5.94. The van der Waals surface area contributed by atoms with Crippen molar-refractivity contribution in [3.8, 4) is 0 Å². The summed E-state index contributed by atoms with van der Waals surface area (Å²) in [7, 11) is 0. The van der Waals surface area contributed by atoms with Gasteiger partial charge in [-0.15, -0.1) is 0 Å². The van der Waals surface area contributed by atoms with E-state index in [0.29, 0.717) is 11.3 Å². The topological polar surface area (TPSA) is 62.2 Å². The number of aromatic nitrogens is 1. The molecular formula is C11H12F4N2O2. The first-order valence-electron chi connectivity index (χ1n) is 5.26. The van der Waals surface area contributed by atoms with Gasteiger partial charge in [-0.3, -0.25) is 0 Å². The molecule has 4 nitrogen and oxygen atoms in total. The van der Waals surface area contributed by atoms with Crippen LogP contribution in [0.5, 0.6) is 0 Å². The van der Waals surface area contributed by atoms with Crippen molar-refractivity contribution >= 4 is 11.8 Å². The predicted octanol–water partition coefficient (Wildman–Crippen LogP) is 2.71. The summed E-state index contributed by atoms with van der Waals surface area (Å²) in [6.45, 7) is 1.62. The maximum Gasteiger partial charge on any atom is 0.339 e. The Morgan fingerprint density at radius 3 is 2.53 bits per heavy atom. The molecule has 19 heavy (non-hydrogen) atoms. The molecule has 0 amide bonds. The Kier molecular flexibility index (Phi) is 4.33. The van der Waals surface area contributed by atoms with E-state index >= 15 is 0 Å². The molecule has 1 heterocycles. The molecule has 2 N–H and O–H groups in total. The van der Waals surface area contributed by atoms with Gasteiger partial charge < -0.3 is 10.4 Å². The third kappa shape index (κ3) is 3.55. The smallest absolute Gasteiger partial charge is 0.339 e. The van der Waals surface area contributed by atoms with Gasteiger partial charge in [-0.2, -0.15) is 8.78 Å². The largest absolute Gasteiger partial charge is 0.478 e. The van der Waals surface area contributed by atoms with Gasteiger partial charge in [0, 0.05) is 5.69 Å². The van der Waals surface area contributed by atoms with Crippen LogP contribution in [0.1, 0.15) is 21.6 Å². The van der Waals surface area contributed by atoms with Gasteiger partial charge in [-0.05, 0) is 25.5 Å². The summed E-state index contributed by atoms with van der Waals surface area (Å²) in [6.07, 6.45) is -3.83. The third-order valence-electron chi connectivity index (χ3n) is 2.37.